The van der Waals surface area contributed by atoms with Crippen LogP contribution in [0.25, 0.3) is 77.4 Å². The van der Waals surface area contributed by atoms with E-state index in [1.54, 1.807) is 24.5 Å². The van der Waals surface area contributed by atoms with E-state index in [0.717, 1.165) is 44.8 Å². The lowest BCUT2D eigenvalue weighted by atomic mass is 9.88. The van der Waals surface area contributed by atoms with Gasteiger partial charge in [0.2, 0.25) is 0 Å². The summed E-state index contributed by atoms with van der Waals surface area (Å²) in [6.45, 7) is 0. The second-order valence-electron chi connectivity index (χ2n) is 11.7. The molecule has 0 aliphatic heterocycles. The second kappa shape index (κ2) is 12.1. The summed E-state index contributed by atoms with van der Waals surface area (Å²) in [5.41, 5.74) is 11.7. The number of hydrogen-bond donors (Lipinski definition) is 0. The first-order valence-corrected chi connectivity index (χ1v) is 15.7. The first-order valence-electron chi connectivity index (χ1n) is 15.7. The molecular formula is C44H26N4. The fourth-order valence-electron chi connectivity index (χ4n) is 6.53. The summed E-state index contributed by atoms with van der Waals surface area (Å²) < 4.78 is 0. The van der Waals surface area contributed by atoms with Gasteiger partial charge >= 0.3 is 0 Å². The van der Waals surface area contributed by atoms with E-state index in [9.17, 15) is 10.5 Å². The minimum absolute atomic E-state index is 0.598. The lowest BCUT2D eigenvalue weighted by Crippen LogP contribution is -1.90. The van der Waals surface area contributed by atoms with Crippen molar-refractivity contribution in [2.75, 3.05) is 0 Å². The molecule has 222 valence electrons. The Hall–Kier alpha value is -6.88. The van der Waals surface area contributed by atoms with Crippen molar-refractivity contribution in [3.05, 3.63) is 169 Å². The second-order valence-corrected chi connectivity index (χ2v) is 11.7. The van der Waals surface area contributed by atoms with Gasteiger partial charge in [-0.1, -0.05) is 121 Å². The number of nitrogens with zero attached hydrogens (tertiary/aromatic N) is 4. The Kier molecular flexibility index (Phi) is 7.23. The molecule has 0 fully saturated rings. The molecule has 8 rings (SSSR count). The number of rotatable bonds is 5. The average molecular weight is 611 g/mol. The molecule has 0 amide bonds. The SMILES string of the molecule is N#Cc1ccnc(-c2ccc(-c3ccc(-c4ccc(-c5ccc(-c6cc(C#N)ccn6)cc5)c5ccccc45)c4ccccc34)cc2)c1. The summed E-state index contributed by atoms with van der Waals surface area (Å²) in [5, 5.41) is 23.4. The summed E-state index contributed by atoms with van der Waals surface area (Å²) in [5.74, 6) is 0. The molecule has 0 bridgehead atoms. The van der Waals surface area contributed by atoms with E-state index in [-0.39, 0.29) is 0 Å². The quantitative estimate of drug-likeness (QED) is 0.194. The Morgan fingerprint density at radius 2 is 0.688 bits per heavy atom. The van der Waals surface area contributed by atoms with Crippen molar-refractivity contribution >= 4 is 21.5 Å². The summed E-state index contributed by atoms with van der Waals surface area (Å²) >= 11 is 0. The molecule has 0 saturated heterocycles. The predicted octanol–water partition coefficient (Wildman–Crippen LogP) is 10.9. The van der Waals surface area contributed by atoms with Crippen LogP contribution in [0.3, 0.4) is 0 Å². The Balaban J connectivity index is 1.18. The van der Waals surface area contributed by atoms with Crippen molar-refractivity contribution < 1.29 is 0 Å². The van der Waals surface area contributed by atoms with E-state index in [0.29, 0.717) is 11.1 Å². The maximum absolute atomic E-state index is 9.30. The molecule has 0 radical (unpaired) electrons. The number of fused-ring (bicyclic) bond motifs is 2. The predicted molar refractivity (Wildman–Crippen MR) is 194 cm³/mol. The highest BCUT2D eigenvalue weighted by Gasteiger charge is 2.14. The molecule has 0 atom stereocenters. The zero-order valence-corrected chi connectivity index (χ0v) is 25.8. The Morgan fingerprint density at radius 3 is 1.06 bits per heavy atom. The van der Waals surface area contributed by atoms with Crippen LogP contribution in [0.5, 0.6) is 0 Å². The van der Waals surface area contributed by atoms with Gasteiger partial charge in [0.25, 0.3) is 0 Å². The van der Waals surface area contributed by atoms with Crippen molar-refractivity contribution in [1.82, 2.24) is 9.97 Å². The summed E-state index contributed by atoms with van der Waals surface area (Å²) in [7, 11) is 0. The topological polar surface area (TPSA) is 73.4 Å². The van der Waals surface area contributed by atoms with Gasteiger partial charge in [0, 0.05) is 23.5 Å². The zero-order chi connectivity index (χ0) is 32.5. The van der Waals surface area contributed by atoms with Crippen LogP contribution < -0.4 is 0 Å². The zero-order valence-electron chi connectivity index (χ0n) is 25.8. The molecule has 2 aromatic heterocycles. The van der Waals surface area contributed by atoms with Gasteiger partial charge < -0.3 is 0 Å². The molecular weight excluding hydrogens is 585 g/mol. The monoisotopic (exact) mass is 610 g/mol. The smallest absolute Gasteiger partial charge is 0.0992 e. The third kappa shape index (κ3) is 5.14. The van der Waals surface area contributed by atoms with Gasteiger partial charge in [0.1, 0.15) is 0 Å². The van der Waals surface area contributed by atoms with Gasteiger partial charge in [-0.15, -0.1) is 0 Å². The lowest BCUT2D eigenvalue weighted by molar-refractivity contribution is 1.31. The number of nitriles is 2. The molecule has 0 spiro atoms. The first-order chi connectivity index (χ1) is 23.7. The van der Waals surface area contributed by atoms with E-state index >= 15 is 0 Å². The van der Waals surface area contributed by atoms with Gasteiger partial charge in [0.15, 0.2) is 0 Å². The molecule has 0 N–H and O–H groups in total. The van der Waals surface area contributed by atoms with Gasteiger partial charge in [-0.3, -0.25) is 9.97 Å². The molecule has 0 aliphatic rings. The molecule has 4 heteroatoms. The van der Waals surface area contributed by atoms with Crippen LogP contribution in [0.1, 0.15) is 11.1 Å². The number of aromatic nitrogens is 2. The van der Waals surface area contributed by atoms with Crippen LogP contribution in [0.4, 0.5) is 0 Å². The third-order valence-corrected chi connectivity index (χ3v) is 8.90. The summed E-state index contributed by atoms with van der Waals surface area (Å²) in [6, 6.07) is 54.4. The largest absolute Gasteiger partial charge is 0.256 e. The van der Waals surface area contributed by atoms with E-state index in [1.165, 1.54) is 32.7 Å². The first kappa shape index (κ1) is 28.6. The number of benzene rings is 6. The fraction of sp³-hybridized carbons (Fsp3) is 0. The molecule has 0 unspecified atom stereocenters. The normalized spacial score (nSPS) is 10.9. The molecule has 48 heavy (non-hydrogen) atoms. The van der Waals surface area contributed by atoms with E-state index < -0.39 is 0 Å². The van der Waals surface area contributed by atoms with Crippen molar-refractivity contribution in [2.24, 2.45) is 0 Å². The highest BCUT2D eigenvalue weighted by atomic mass is 14.7. The third-order valence-electron chi connectivity index (χ3n) is 8.90. The molecule has 6 aromatic carbocycles. The van der Waals surface area contributed by atoms with E-state index in [4.69, 9.17) is 0 Å². The number of pyridine rings is 2. The van der Waals surface area contributed by atoms with Gasteiger partial charge in [-0.25, -0.2) is 0 Å². The van der Waals surface area contributed by atoms with Crippen molar-refractivity contribution in [1.29, 1.82) is 10.5 Å². The minimum atomic E-state index is 0.598. The van der Waals surface area contributed by atoms with Crippen molar-refractivity contribution in [3.63, 3.8) is 0 Å². The van der Waals surface area contributed by atoms with E-state index in [1.807, 2.05) is 12.1 Å². The average Bonchev–Trinajstić information content (AvgIpc) is 3.17. The lowest BCUT2D eigenvalue weighted by Gasteiger charge is -2.16. The molecule has 2 heterocycles. The maximum atomic E-state index is 9.30. The Morgan fingerprint density at radius 1 is 0.354 bits per heavy atom. The van der Waals surface area contributed by atoms with Crippen molar-refractivity contribution in [2.45, 2.75) is 0 Å². The van der Waals surface area contributed by atoms with Crippen LogP contribution >= 0.6 is 0 Å². The van der Waals surface area contributed by atoms with Crippen LogP contribution in [-0.4, -0.2) is 9.97 Å². The van der Waals surface area contributed by atoms with Crippen LogP contribution in [0.15, 0.2) is 158 Å². The highest BCUT2D eigenvalue weighted by molar-refractivity contribution is 6.12. The van der Waals surface area contributed by atoms with Crippen LogP contribution in [0, 0.1) is 22.7 Å². The minimum Gasteiger partial charge on any atom is -0.256 e. The standard InChI is InChI=1S/C44H26N4/c45-27-29-21-23-47-43(25-29)33-13-9-31(10-14-33)35-17-19-41(39-7-3-1-5-37(35)39)42-20-18-36(38-6-2-4-8-40(38)42)32-11-15-34(16-12-32)44-26-30(28-46)22-24-48-44/h1-26H. The number of hydrogen-bond acceptors (Lipinski definition) is 4. The Labute approximate surface area is 278 Å². The molecule has 8 aromatic rings. The Bertz CT molecular complexity index is 2390. The highest BCUT2D eigenvalue weighted by Crippen LogP contribution is 2.41. The fourth-order valence-corrected chi connectivity index (χ4v) is 6.53. The van der Waals surface area contributed by atoms with Crippen LogP contribution in [-0.2, 0) is 0 Å². The molecule has 0 saturated carbocycles. The maximum Gasteiger partial charge on any atom is 0.0992 e. The van der Waals surface area contributed by atoms with Crippen molar-refractivity contribution in [3.8, 4) is 68.0 Å². The van der Waals surface area contributed by atoms with Crippen LogP contribution in [0.2, 0.25) is 0 Å². The molecule has 4 nitrogen and oxygen atoms in total. The van der Waals surface area contributed by atoms with Gasteiger partial charge in [-0.05, 0) is 79.2 Å². The van der Waals surface area contributed by atoms with Gasteiger partial charge in [-0.2, -0.15) is 10.5 Å². The van der Waals surface area contributed by atoms with E-state index in [2.05, 4.69) is 143 Å². The van der Waals surface area contributed by atoms with Gasteiger partial charge in [0.05, 0.1) is 34.7 Å². The summed E-state index contributed by atoms with van der Waals surface area (Å²) in [4.78, 5) is 8.93. The summed E-state index contributed by atoms with van der Waals surface area (Å²) in [6.07, 6.45) is 3.35. The molecule has 0 aliphatic carbocycles.